The molecule has 1 atom stereocenters. The number of ether oxygens (including phenoxy) is 2. The lowest BCUT2D eigenvalue weighted by atomic mass is 9.93. The number of hydrogen-bond donors (Lipinski definition) is 1. The van der Waals surface area contributed by atoms with E-state index in [4.69, 9.17) is 19.0 Å². The van der Waals surface area contributed by atoms with Crippen molar-refractivity contribution < 1.29 is 18.8 Å². The third kappa shape index (κ3) is 3.82. The summed E-state index contributed by atoms with van der Waals surface area (Å²) in [6, 6.07) is 13.3. The van der Waals surface area contributed by atoms with Crippen LogP contribution in [0.1, 0.15) is 50.3 Å². The van der Waals surface area contributed by atoms with Gasteiger partial charge in [0, 0.05) is 17.8 Å². The van der Waals surface area contributed by atoms with Crippen LogP contribution in [0.2, 0.25) is 0 Å². The summed E-state index contributed by atoms with van der Waals surface area (Å²) in [5.41, 5.74) is 4.58. The zero-order valence-electron chi connectivity index (χ0n) is 18.9. The maximum absolute atomic E-state index is 12.9. The maximum atomic E-state index is 12.9. The van der Waals surface area contributed by atoms with Crippen LogP contribution in [0, 0.1) is 0 Å². The summed E-state index contributed by atoms with van der Waals surface area (Å²) in [6.07, 6.45) is 1.78. The molecule has 2 amide bonds. The fourth-order valence-corrected chi connectivity index (χ4v) is 4.23. The molecular formula is C25H26N4O4. The molecule has 0 radical (unpaired) electrons. The molecule has 3 heterocycles. The highest BCUT2D eigenvalue weighted by atomic mass is 16.7. The van der Waals surface area contributed by atoms with Crippen LogP contribution < -0.4 is 14.8 Å². The number of nitrogens with zero attached hydrogens (tertiary/aromatic N) is 3. The molecule has 1 aromatic heterocycles. The van der Waals surface area contributed by atoms with E-state index in [1.54, 1.807) is 4.90 Å². The van der Waals surface area contributed by atoms with Crippen molar-refractivity contribution in [3.05, 3.63) is 65.2 Å². The number of aryl methyl sites for hydroxylation is 1. The Labute approximate surface area is 192 Å². The number of amides is 2. The molecule has 3 aromatic rings. The van der Waals surface area contributed by atoms with Crippen molar-refractivity contribution in [1.82, 2.24) is 20.4 Å². The van der Waals surface area contributed by atoms with Crippen molar-refractivity contribution in [2.45, 2.75) is 39.7 Å². The number of allylic oxidation sites excluding steroid dienone is 1. The Hall–Kier alpha value is -3.81. The predicted octanol–water partition coefficient (Wildman–Crippen LogP) is 4.94. The second-order valence-electron chi connectivity index (χ2n) is 8.12. The van der Waals surface area contributed by atoms with E-state index in [-0.39, 0.29) is 18.9 Å². The van der Waals surface area contributed by atoms with Crippen LogP contribution in [0.5, 0.6) is 11.5 Å². The fourth-order valence-electron chi connectivity index (χ4n) is 4.23. The molecular weight excluding hydrogens is 420 g/mol. The van der Waals surface area contributed by atoms with Gasteiger partial charge in [0.2, 0.25) is 12.6 Å². The van der Waals surface area contributed by atoms with Gasteiger partial charge >= 0.3 is 6.03 Å². The Morgan fingerprint density at radius 2 is 1.88 bits per heavy atom. The summed E-state index contributed by atoms with van der Waals surface area (Å²) >= 11 is 0. The SMILES string of the molecule is CCCN1C(=O)NC(c2ccc(CC)cc2)C(c2nc(-c3ccc4c(c3)OCO4)no2)=C1C. The first-order valence-corrected chi connectivity index (χ1v) is 11.2. The molecule has 8 nitrogen and oxygen atoms in total. The maximum Gasteiger partial charge on any atom is 0.322 e. The molecule has 2 aliphatic heterocycles. The lowest BCUT2D eigenvalue weighted by Crippen LogP contribution is -2.46. The zero-order chi connectivity index (χ0) is 22.9. The van der Waals surface area contributed by atoms with E-state index in [9.17, 15) is 4.79 Å². The van der Waals surface area contributed by atoms with Crippen molar-refractivity contribution in [2.24, 2.45) is 0 Å². The number of fused-ring (bicyclic) bond motifs is 1. The summed E-state index contributed by atoms with van der Waals surface area (Å²) in [4.78, 5) is 19.3. The number of carbonyl (C=O) groups is 1. The van der Waals surface area contributed by atoms with Gasteiger partial charge in [0.25, 0.3) is 5.89 Å². The van der Waals surface area contributed by atoms with Gasteiger partial charge in [0.1, 0.15) is 0 Å². The Balaban J connectivity index is 1.56. The van der Waals surface area contributed by atoms with E-state index < -0.39 is 0 Å². The molecule has 33 heavy (non-hydrogen) atoms. The highest BCUT2D eigenvalue weighted by Crippen LogP contribution is 2.39. The van der Waals surface area contributed by atoms with Gasteiger partial charge in [-0.1, -0.05) is 43.3 Å². The van der Waals surface area contributed by atoms with Gasteiger partial charge in [0.05, 0.1) is 11.6 Å². The fraction of sp³-hybridized carbons (Fsp3) is 0.320. The van der Waals surface area contributed by atoms with Gasteiger partial charge in [-0.15, -0.1) is 0 Å². The number of rotatable bonds is 6. The van der Waals surface area contributed by atoms with Gasteiger partial charge in [-0.2, -0.15) is 4.98 Å². The number of hydrogen-bond acceptors (Lipinski definition) is 6. The minimum Gasteiger partial charge on any atom is -0.454 e. The largest absolute Gasteiger partial charge is 0.454 e. The average molecular weight is 447 g/mol. The van der Waals surface area contributed by atoms with Gasteiger partial charge in [-0.25, -0.2) is 4.79 Å². The summed E-state index contributed by atoms with van der Waals surface area (Å²) in [7, 11) is 0. The lowest BCUT2D eigenvalue weighted by molar-refractivity contribution is 0.174. The number of aromatic nitrogens is 2. The highest BCUT2D eigenvalue weighted by molar-refractivity contribution is 5.86. The number of carbonyl (C=O) groups excluding carboxylic acids is 1. The second kappa shape index (κ2) is 8.61. The summed E-state index contributed by atoms with van der Waals surface area (Å²) in [6.45, 7) is 6.90. The van der Waals surface area contributed by atoms with Gasteiger partial charge in [0.15, 0.2) is 11.5 Å². The quantitative estimate of drug-likeness (QED) is 0.577. The Bertz CT molecular complexity index is 1220. The molecule has 5 rings (SSSR count). The molecule has 0 saturated heterocycles. The zero-order valence-corrected chi connectivity index (χ0v) is 18.9. The Kier molecular flexibility index (Phi) is 5.50. The van der Waals surface area contributed by atoms with Crippen LogP contribution in [-0.4, -0.2) is 34.4 Å². The van der Waals surface area contributed by atoms with Crippen molar-refractivity contribution in [3.63, 3.8) is 0 Å². The molecule has 1 N–H and O–H groups in total. The molecule has 170 valence electrons. The first-order valence-electron chi connectivity index (χ1n) is 11.2. The molecule has 8 heteroatoms. The van der Waals surface area contributed by atoms with E-state index in [1.165, 1.54) is 5.56 Å². The molecule has 2 aromatic carbocycles. The smallest absolute Gasteiger partial charge is 0.322 e. The molecule has 0 saturated carbocycles. The topological polar surface area (TPSA) is 89.7 Å². The average Bonchev–Trinajstić information content (AvgIpc) is 3.50. The predicted molar refractivity (Wildman–Crippen MR) is 123 cm³/mol. The lowest BCUT2D eigenvalue weighted by Gasteiger charge is -2.35. The first-order chi connectivity index (χ1) is 16.1. The van der Waals surface area contributed by atoms with E-state index in [1.807, 2.05) is 44.2 Å². The van der Waals surface area contributed by atoms with Crippen LogP contribution >= 0.6 is 0 Å². The van der Waals surface area contributed by atoms with E-state index in [0.29, 0.717) is 29.8 Å². The Morgan fingerprint density at radius 1 is 1.09 bits per heavy atom. The molecule has 0 bridgehead atoms. The van der Waals surface area contributed by atoms with Crippen LogP contribution in [0.15, 0.2) is 52.7 Å². The minimum absolute atomic E-state index is 0.127. The minimum atomic E-state index is -0.387. The standard InChI is InChI=1S/C25H26N4O4/c1-4-12-29-15(3)21(22(26-25(29)30)17-8-6-16(5-2)7-9-17)24-27-23(28-33-24)18-10-11-19-20(13-18)32-14-31-19/h6-11,13,22H,4-5,12,14H2,1-3H3,(H,26,30). The first kappa shape index (κ1) is 21.1. The Morgan fingerprint density at radius 3 is 2.64 bits per heavy atom. The van der Waals surface area contributed by atoms with E-state index in [0.717, 1.165) is 35.2 Å². The van der Waals surface area contributed by atoms with Gasteiger partial charge in [-0.05, 0) is 49.1 Å². The summed E-state index contributed by atoms with van der Waals surface area (Å²) < 4.78 is 16.6. The second-order valence-corrected chi connectivity index (χ2v) is 8.12. The third-order valence-corrected chi connectivity index (χ3v) is 6.05. The number of urea groups is 1. The monoisotopic (exact) mass is 446 g/mol. The summed E-state index contributed by atoms with van der Waals surface area (Å²) in [5, 5.41) is 7.35. The number of nitrogens with one attached hydrogen (secondary N) is 1. The van der Waals surface area contributed by atoms with Gasteiger partial charge in [-0.3, -0.25) is 4.90 Å². The van der Waals surface area contributed by atoms with Crippen molar-refractivity contribution in [1.29, 1.82) is 0 Å². The van der Waals surface area contributed by atoms with E-state index in [2.05, 4.69) is 29.5 Å². The van der Waals surface area contributed by atoms with Crippen molar-refractivity contribution in [2.75, 3.05) is 13.3 Å². The van der Waals surface area contributed by atoms with Crippen LogP contribution in [0.25, 0.3) is 17.0 Å². The van der Waals surface area contributed by atoms with Crippen molar-refractivity contribution >= 4 is 11.6 Å². The molecule has 0 fully saturated rings. The molecule has 0 aliphatic carbocycles. The molecule has 0 spiro atoms. The van der Waals surface area contributed by atoms with Crippen LogP contribution in [0.4, 0.5) is 4.79 Å². The molecule has 2 aliphatic rings. The molecule has 1 unspecified atom stereocenters. The van der Waals surface area contributed by atoms with Crippen molar-refractivity contribution in [3.8, 4) is 22.9 Å². The highest BCUT2D eigenvalue weighted by Gasteiger charge is 2.35. The normalized spacial score (nSPS) is 17.5. The van der Waals surface area contributed by atoms with E-state index >= 15 is 0 Å². The van der Waals surface area contributed by atoms with Crippen LogP contribution in [-0.2, 0) is 6.42 Å². The van der Waals surface area contributed by atoms with Gasteiger partial charge < -0.3 is 19.3 Å². The third-order valence-electron chi connectivity index (χ3n) is 6.05. The van der Waals surface area contributed by atoms with Crippen LogP contribution in [0.3, 0.4) is 0 Å². The number of benzene rings is 2. The summed E-state index contributed by atoms with van der Waals surface area (Å²) in [5.74, 6) is 2.18.